The summed E-state index contributed by atoms with van der Waals surface area (Å²) < 4.78 is 0. The molecule has 2 aliphatic rings. The van der Waals surface area contributed by atoms with E-state index in [0.717, 1.165) is 11.4 Å². The van der Waals surface area contributed by atoms with Gasteiger partial charge in [-0.15, -0.1) is 0 Å². The molecule has 0 amide bonds. The summed E-state index contributed by atoms with van der Waals surface area (Å²) >= 11 is 0. The first-order chi connectivity index (χ1) is 19.3. The van der Waals surface area contributed by atoms with Gasteiger partial charge in [-0.25, -0.2) is 0 Å². The van der Waals surface area contributed by atoms with Crippen LogP contribution in [0.25, 0.3) is 17.2 Å². The van der Waals surface area contributed by atoms with Crippen molar-refractivity contribution >= 4 is 17.5 Å². The Kier molecular flexibility index (Phi) is 5.63. The van der Waals surface area contributed by atoms with Gasteiger partial charge in [0.1, 0.15) is 0 Å². The molecule has 0 spiro atoms. The normalized spacial score (nSPS) is 15.5. The molecule has 5 aromatic rings. The summed E-state index contributed by atoms with van der Waals surface area (Å²) in [6.45, 7) is 0. The highest BCUT2D eigenvalue weighted by Crippen LogP contribution is 2.63. The Morgan fingerprint density at radius 3 is 1.59 bits per heavy atom. The number of hydrogen-bond donors (Lipinski definition) is 2. The first-order valence-electron chi connectivity index (χ1n) is 13.8. The summed E-state index contributed by atoms with van der Waals surface area (Å²) in [5, 5.41) is 6.83. The number of hydrogen-bond acceptors (Lipinski definition) is 2. The lowest BCUT2D eigenvalue weighted by Gasteiger charge is -2.46. The number of nitrogens with one attached hydrogen (secondary N) is 2. The van der Waals surface area contributed by atoms with E-state index in [1.807, 2.05) is 14.1 Å². The molecule has 2 heteroatoms. The third kappa shape index (κ3) is 3.48. The molecular formula is C37H32N2. The maximum absolute atomic E-state index is 3.42. The predicted octanol–water partition coefficient (Wildman–Crippen LogP) is 8.68. The molecule has 190 valence electrons. The Labute approximate surface area is 231 Å². The van der Waals surface area contributed by atoms with Crippen LogP contribution in [0.5, 0.6) is 0 Å². The molecule has 0 heterocycles. The summed E-state index contributed by atoms with van der Waals surface area (Å²) in [7, 11) is 4.02. The van der Waals surface area contributed by atoms with Gasteiger partial charge in [0.05, 0.1) is 0 Å². The lowest BCUT2D eigenvalue weighted by Crippen LogP contribution is -2.40. The Bertz CT molecular complexity index is 1590. The van der Waals surface area contributed by atoms with Crippen molar-refractivity contribution in [1.82, 2.24) is 0 Å². The average molecular weight is 505 g/mol. The molecule has 0 fully saturated rings. The molecular weight excluding hydrogens is 472 g/mol. The minimum Gasteiger partial charge on any atom is -0.388 e. The van der Waals surface area contributed by atoms with Crippen LogP contribution >= 0.6 is 0 Å². The van der Waals surface area contributed by atoms with E-state index >= 15 is 0 Å². The molecule has 1 atom stereocenters. The van der Waals surface area contributed by atoms with Crippen LogP contribution in [0.15, 0.2) is 127 Å². The second-order valence-electron chi connectivity index (χ2n) is 10.6. The Balaban J connectivity index is 1.64. The van der Waals surface area contributed by atoms with Gasteiger partial charge in [0, 0.05) is 42.7 Å². The highest BCUT2D eigenvalue weighted by atomic mass is 14.8. The lowest BCUT2D eigenvalue weighted by molar-refractivity contribution is 0.417. The first-order valence-corrected chi connectivity index (χ1v) is 13.8. The second kappa shape index (κ2) is 9.32. The molecule has 0 aliphatic heterocycles. The minimum absolute atomic E-state index is 0.0923. The summed E-state index contributed by atoms with van der Waals surface area (Å²) in [5.74, 6) is 0.244. The van der Waals surface area contributed by atoms with Crippen molar-refractivity contribution in [3.8, 4) is 11.1 Å². The standard InChI is InChI=1S/C37H32N2/c1-38-28-18-20-31-32-21-19-29(39-2)24-34(32)36(33(31)23-28)37(26-12-5-3-6-13-26,27-14-7-4-8-15-27)35-22-17-25-11-9-10-16-30(25)35/h3-24,35-36,38-39H,1-2H3. The molecule has 0 radical (unpaired) electrons. The summed E-state index contributed by atoms with van der Waals surface area (Å²) in [6.07, 6.45) is 4.78. The van der Waals surface area contributed by atoms with E-state index in [0.29, 0.717) is 0 Å². The molecule has 5 aromatic carbocycles. The molecule has 0 saturated heterocycles. The van der Waals surface area contributed by atoms with Crippen molar-refractivity contribution in [2.45, 2.75) is 17.3 Å². The van der Waals surface area contributed by atoms with E-state index < -0.39 is 0 Å². The average Bonchev–Trinajstić information content (AvgIpc) is 3.58. The number of anilines is 2. The fourth-order valence-corrected chi connectivity index (χ4v) is 7.18. The lowest BCUT2D eigenvalue weighted by atomic mass is 9.55. The largest absolute Gasteiger partial charge is 0.388 e. The Morgan fingerprint density at radius 1 is 0.538 bits per heavy atom. The van der Waals surface area contributed by atoms with Crippen LogP contribution < -0.4 is 10.6 Å². The second-order valence-corrected chi connectivity index (χ2v) is 10.6. The van der Waals surface area contributed by atoms with Gasteiger partial charge in [0.15, 0.2) is 0 Å². The van der Waals surface area contributed by atoms with Gasteiger partial charge in [-0.1, -0.05) is 109 Å². The fourth-order valence-electron chi connectivity index (χ4n) is 7.18. The fraction of sp³-hybridized carbons (Fsp3) is 0.135. The van der Waals surface area contributed by atoms with Gasteiger partial charge >= 0.3 is 0 Å². The Hall–Kier alpha value is -4.56. The molecule has 0 aromatic heterocycles. The van der Waals surface area contributed by atoms with Crippen LogP contribution in [0.3, 0.4) is 0 Å². The van der Waals surface area contributed by atoms with Crippen molar-refractivity contribution in [3.05, 3.63) is 161 Å². The van der Waals surface area contributed by atoms with Gasteiger partial charge in [-0.3, -0.25) is 0 Å². The molecule has 2 nitrogen and oxygen atoms in total. The highest BCUT2D eigenvalue weighted by Gasteiger charge is 2.53. The van der Waals surface area contributed by atoms with Crippen LogP contribution in [0.4, 0.5) is 11.4 Å². The monoisotopic (exact) mass is 504 g/mol. The zero-order valence-electron chi connectivity index (χ0n) is 22.4. The van der Waals surface area contributed by atoms with Crippen LogP contribution in [0, 0.1) is 0 Å². The van der Waals surface area contributed by atoms with E-state index in [-0.39, 0.29) is 17.3 Å². The summed E-state index contributed by atoms with van der Waals surface area (Å²) in [6, 6.07) is 45.1. The zero-order valence-corrected chi connectivity index (χ0v) is 22.4. The van der Waals surface area contributed by atoms with Crippen LogP contribution in [0.2, 0.25) is 0 Å². The first kappa shape index (κ1) is 23.5. The van der Waals surface area contributed by atoms with Gasteiger partial charge in [-0.05, 0) is 68.8 Å². The topological polar surface area (TPSA) is 24.1 Å². The quantitative estimate of drug-likeness (QED) is 0.242. The minimum atomic E-state index is -0.385. The van der Waals surface area contributed by atoms with Gasteiger partial charge in [-0.2, -0.15) is 0 Å². The molecule has 39 heavy (non-hydrogen) atoms. The molecule has 0 saturated carbocycles. The van der Waals surface area contributed by atoms with Crippen LogP contribution in [0.1, 0.15) is 45.2 Å². The van der Waals surface area contributed by atoms with Crippen molar-refractivity contribution in [2.75, 3.05) is 24.7 Å². The van der Waals surface area contributed by atoms with Gasteiger partial charge in [0.2, 0.25) is 0 Å². The van der Waals surface area contributed by atoms with E-state index in [1.165, 1.54) is 44.5 Å². The maximum Gasteiger partial charge on any atom is 0.0415 e. The molecule has 0 bridgehead atoms. The van der Waals surface area contributed by atoms with Crippen LogP contribution in [-0.4, -0.2) is 14.1 Å². The smallest absolute Gasteiger partial charge is 0.0415 e. The van der Waals surface area contributed by atoms with E-state index in [4.69, 9.17) is 0 Å². The number of rotatable bonds is 6. The third-order valence-electron chi connectivity index (χ3n) is 8.84. The molecule has 7 rings (SSSR count). The maximum atomic E-state index is 3.42. The zero-order chi connectivity index (χ0) is 26.4. The molecule has 2 aliphatic carbocycles. The number of benzene rings is 5. The SMILES string of the molecule is CNc1ccc2c(c1)C(C(c1ccccc1)(c1ccccc1)C1C=Cc3ccccc31)c1cc(NC)ccc1-2. The Morgan fingerprint density at radius 2 is 1.05 bits per heavy atom. The van der Waals surface area contributed by atoms with Crippen molar-refractivity contribution in [2.24, 2.45) is 0 Å². The van der Waals surface area contributed by atoms with Gasteiger partial charge in [0.25, 0.3) is 0 Å². The van der Waals surface area contributed by atoms with Gasteiger partial charge < -0.3 is 10.6 Å². The summed E-state index contributed by atoms with van der Waals surface area (Å²) in [5.41, 5.74) is 12.6. The number of fused-ring (bicyclic) bond motifs is 4. The molecule has 1 unspecified atom stereocenters. The third-order valence-corrected chi connectivity index (χ3v) is 8.84. The van der Waals surface area contributed by atoms with Crippen LogP contribution in [-0.2, 0) is 5.41 Å². The predicted molar refractivity (Wildman–Crippen MR) is 165 cm³/mol. The van der Waals surface area contributed by atoms with Crippen molar-refractivity contribution in [3.63, 3.8) is 0 Å². The van der Waals surface area contributed by atoms with E-state index in [9.17, 15) is 0 Å². The summed E-state index contributed by atoms with van der Waals surface area (Å²) in [4.78, 5) is 0. The number of allylic oxidation sites excluding steroid dienone is 1. The van der Waals surface area contributed by atoms with Crippen molar-refractivity contribution < 1.29 is 0 Å². The van der Waals surface area contributed by atoms with E-state index in [2.05, 4.69) is 144 Å². The van der Waals surface area contributed by atoms with Crippen molar-refractivity contribution in [1.29, 1.82) is 0 Å². The molecule has 2 N–H and O–H groups in total. The highest BCUT2D eigenvalue weighted by molar-refractivity contribution is 5.84. The van der Waals surface area contributed by atoms with E-state index in [1.54, 1.807) is 0 Å².